The molecule has 0 radical (unpaired) electrons. The molecule has 2 aliphatic carbocycles. The van der Waals surface area contributed by atoms with Crippen molar-refractivity contribution in [2.75, 3.05) is 10.6 Å². The van der Waals surface area contributed by atoms with E-state index >= 15 is 0 Å². The highest BCUT2D eigenvalue weighted by molar-refractivity contribution is 6.30. The smallest absolute Gasteiger partial charge is 0.323 e. The van der Waals surface area contributed by atoms with E-state index in [1.807, 2.05) is 6.92 Å². The molecule has 2 aliphatic rings. The molecule has 2 amide bonds. The van der Waals surface area contributed by atoms with Gasteiger partial charge in [-0.3, -0.25) is 4.79 Å². The van der Waals surface area contributed by atoms with Crippen LogP contribution in [0.5, 0.6) is 0 Å². The second-order valence-electron chi connectivity index (χ2n) is 10.4. The number of amides is 2. The lowest BCUT2D eigenvalue weighted by atomic mass is 9.49. The zero-order chi connectivity index (χ0) is 24.0. The number of aryl methyl sites for hydroxylation is 1. The number of hydrogen-bond acceptors (Lipinski definition) is 2. The van der Waals surface area contributed by atoms with Gasteiger partial charge in [-0.1, -0.05) is 50.9 Å². The molecule has 176 valence electrons. The van der Waals surface area contributed by atoms with Crippen molar-refractivity contribution in [1.82, 2.24) is 0 Å². The number of carbonyl (C=O) groups is 2. The van der Waals surface area contributed by atoms with Crippen molar-refractivity contribution in [2.45, 2.75) is 71.1 Å². The molecule has 3 atom stereocenters. The first-order chi connectivity index (χ1) is 15.5. The topological polar surface area (TPSA) is 78.4 Å². The first kappa shape index (κ1) is 23.6. The molecular formula is C27H33ClN2O3. The van der Waals surface area contributed by atoms with Gasteiger partial charge in [-0.2, -0.15) is 0 Å². The van der Waals surface area contributed by atoms with Crippen LogP contribution < -0.4 is 10.6 Å². The first-order valence-corrected chi connectivity index (χ1v) is 12.2. The van der Waals surface area contributed by atoms with Gasteiger partial charge in [-0.15, -0.1) is 0 Å². The Morgan fingerprint density at radius 3 is 2.55 bits per heavy atom. The van der Waals surface area contributed by atoms with Crippen molar-refractivity contribution < 1.29 is 14.7 Å². The summed E-state index contributed by atoms with van der Waals surface area (Å²) < 4.78 is 0. The van der Waals surface area contributed by atoms with E-state index in [-0.39, 0.29) is 23.3 Å². The van der Waals surface area contributed by atoms with Crippen LogP contribution in [0, 0.1) is 11.3 Å². The zero-order valence-corrected chi connectivity index (χ0v) is 20.6. The van der Waals surface area contributed by atoms with E-state index in [4.69, 9.17) is 11.6 Å². The summed E-state index contributed by atoms with van der Waals surface area (Å²) in [7, 11) is 0. The Bertz CT molecular complexity index is 1100. The molecule has 0 bridgehead atoms. The molecule has 2 aromatic carbocycles. The van der Waals surface area contributed by atoms with Crippen LogP contribution in [0.25, 0.3) is 0 Å². The van der Waals surface area contributed by atoms with Crippen LogP contribution in [0.3, 0.4) is 0 Å². The maximum absolute atomic E-state index is 12.8. The number of carboxylic acid groups (broad SMARTS) is 1. The Labute approximate surface area is 200 Å². The fraction of sp³-hybridized carbons (Fsp3) is 0.481. The number of carbonyl (C=O) groups excluding carboxylic acids is 1. The minimum Gasteiger partial charge on any atom is -0.481 e. The molecule has 0 unspecified atom stereocenters. The summed E-state index contributed by atoms with van der Waals surface area (Å²) in [5.74, 6) is -0.389. The lowest BCUT2D eigenvalue weighted by Crippen LogP contribution is -2.52. The van der Waals surface area contributed by atoms with Crippen LogP contribution in [0.4, 0.5) is 16.2 Å². The van der Waals surface area contributed by atoms with Crippen LogP contribution in [0.15, 0.2) is 36.4 Å². The highest BCUT2D eigenvalue weighted by atomic mass is 35.5. The third kappa shape index (κ3) is 4.23. The molecule has 33 heavy (non-hydrogen) atoms. The molecule has 0 aromatic heterocycles. The lowest BCUT2D eigenvalue weighted by Gasteiger charge is -2.53. The largest absolute Gasteiger partial charge is 0.481 e. The Morgan fingerprint density at radius 2 is 1.88 bits per heavy atom. The van der Waals surface area contributed by atoms with Crippen molar-refractivity contribution in [3.8, 4) is 0 Å². The summed E-state index contributed by atoms with van der Waals surface area (Å²) in [5, 5.41) is 16.5. The molecule has 1 saturated carbocycles. The highest BCUT2D eigenvalue weighted by Gasteiger charge is 2.55. The molecule has 0 saturated heterocycles. The number of anilines is 2. The second-order valence-corrected chi connectivity index (χ2v) is 10.9. The average Bonchev–Trinajstić information content (AvgIpc) is 2.73. The number of fused-ring (bicyclic) bond motifs is 3. The summed E-state index contributed by atoms with van der Waals surface area (Å²) in [6.45, 7) is 8.39. The van der Waals surface area contributed by atoms with Crippen LogP contribution >= 0.6 is 11.6 Å². The standard InChI is InChI=1S/C27H33ClN2O3/c1-16(2)20-13-17-9-10-23-26(3,11-6-12-27(23,4)24(31)32)21(17)15-22(20)30-25(33)29-19-8-5-7-18(28)14-19/h5,7-8,13-16,23H,6,9-12H2,1-4H3,(H,31,32)(H2,29,30,33)/t23-,26-,27-/m1/s1. The SMILES string of the molecule is CC(C)c1cc2c(cc1NC(=O)Nc1cccc(Cl)c1)[C@@]1(C)CCC[C@@](C)(C(=O)O)[C@@H]1CC2. The molecule has 0 aliphatic heterocycles. The van der Waals surface area contributed by atoms with E-state index in [9.17, 15) is 14.7 Å². The van der Waals surface area contributed by atoms with Crippen molar-refractivity contribution in [2.24, 2.45) is 11.3 Å². The van der Waals surface area contributed by atoms with Gasteiger partial charge in [-0.05, 0) is 90.8 Å². The molecule has 2 aromatic rings. The van der Waals surface area contributed by atoms with Crippen molar-refractivity contribution in [3.63, 3.8) is 0 Å². The fourth-order valence-corrected chi connectivity index (χ4v) is 6.42. The molecule has 0 heterocycles. The summed E-state index contributed by atoms with van der Waals surface area (Å²) in [5.41, 5.74) is 4.02. The number of nitrogens with one attached hydrogen (secondary N) is 2. The summed E-state index contributed by atoms with van der Waals surface area (Å²) in [6.07, 6.45) is 4.32. The third-order valence-electron chi connectivity index (χ3n) is 7.96. The molecule has 4 rings (SSSR count). The third-order valence-corrected chi connectivity index (χ3v) is 8.20. The van der Waals surface area contributed by atoms with E-state index in [0.717, 1.165) is 43.4 Å². The van der Waals surface area contributed by atoms with Crippen LogP contribution in [-0.2, 0) is 16.6 Å². The predicted molar refractivity (Wildman–Crippen MR) is 133 cm³/mol. The summed E-state index contributed by atoms with van der Waals surface area (Å²) >= 11 is 6.05. The van der Waals surface area contributed by atoms with Crippen molar-refractivity contribution in [3.05, 3.63) is 58.1 Å². The lowest BCUT2D eigenvalue weighted by molar-refractivity contribution is -0.157. The van der Waals surface area contributed by atoms with Gasteiger partial charge in [0.15, 0.2) is 0 Å². The van der Waals surface area contributed by atoms with Crippen LogP contribution in [0.1, 0.15) is 76.0 Å². The minimum atomic E-state index is -0.723. The van der Waals surface area contributed by atoms with Crippen LogP contribution in [-0.4, -0.2) is 17.1 Å². The summed E-state index contributed by atoms with van der Waals surface area (Å²) in [4.78, 5) is 25.1. The van der Waals surface area contributed by atoms with Gasteiger partial charge in [-0.25, -0.2) is 4.79 Å². The van der Waals surface area contributed by atoms with Gasteiger partial charge in [0.05, 0.1) is 5.41 Å². The van der Waals surface area contributed by atoms with Crippen molar-refractivity contribution in [1.29, 1.82) is 0 Å². The number of hydrogen-bond donors (Lipinski definition) is 3. The average molecular weight is 469 g/mol. The van der Waals surface area contributed by atoms with E-state index < -0.39 is 11.4 Å². The number of aliphatic carboxylic acids is 1. The Balaban J connectivity index is 1.71. The van der Waals surface area contributed by atoms with E-state index in [0.29, 0.717) is 10.7 Å². The Morgan fingerprint density at radius 1 is 1.12 bits per heavy atom. The quantitative estimate of drug-likeness (QED) is 0.443. The normalized spacial score (nSPS) is 26.3. The zero-order valence-electron chi connectivity index (χ0n) is 19.8. The number of rotatable bonds is 4. The number of urea groups is 1. The van der Waals surface area contributed by atoms with Gasteiger partial charge in [0, 0.05) is 16.4 Å². The number of carboxylic acids is 1. The second kappa shape index (κ2) is 8.68. The number of halogens is 1. The molecular weight excluding hydrogens is 436 g/mol. The first-order valence-electron chi connectivity index (χ1n) is 11.8. The van der Waals surface area contributed by atoms with Crippen LogP contribution in [0.2, 0.25) is 5.02 Å². The maximum Gasteiger partial charge on any atom is 0.323 e. The van der Waals surface area contributed by atoms with Gasteiger partial charge in [0.2, 0.25) is 0 Å². The molecule has 0 spiro atoms. The maximum atomic E-state index is 12.8. The monoisotopic (exact) mass is 468 g/mol. The Kier molecular flexibility index (Phi) is 6.21. The Hall–Kier alpha value is -2.53. The van der Waals surface area contributed by atoms with Gasteiger partial charge < -0.3 is 15.7 Å². The fourth-order valence-electron chi connectivity index (χ4n) is 6.23. The summed E-state index contributed by atoms with van der Waals surface area (Å²) in [6, 6.07) is 11.1. The van der Waals surface area contributed by atoms with Gasteiger partial charge >= 0.3 is 12.0 Å². The van der Waals surface area contributed by atoms with E-state index in [1.54, 1.807) is 24.3 Å². The van der Waals surface area contributed by atoms with Gasteiger partial charge in [0.1, 0.15) is 0 Å². The van der Waals surface area contributed by atoms with Gasteiger partial charge in [0.25, 0.3) is 0 Å². The predicted octanol–water partition coefficient (Wildman–Crippen LogP) is 7.20. The van der Waals surface area contributed by atoms with E-state index in [1.165, 1.54) is 11.1 Å². The minimum absolute atomic E-state index is 0.0711. The highest BCUT2D eigenvalue weighted by Crippen LogP contribution is 2.58. The molecule has 3 N–H and O–H groups in total. The molecule has 5 nitrogen and oxygen atoms in total. The molecule has 6 heteroatoms. The number of benzene rings is 2. The van der Waals surface area contributed by atoms with Crippen molar-refractivity contribution >= 4 is 35.0 Å². The van der Waals surface area contributed by atoms with E-state index in [2.05, 4.69) is 43.5 Å². The molecule has 1 fully saturated rings.